The number of aliphatic hydroxyl groups excluding tert-OH is 1. The Morgan fingerprint density at radius 2 is 2.05 bits per heavy atom. The summed E-state index contributed by atoms with van der Waals surface area (Å²) in [6.07, 6.45) is 1.69. The predicted molar refractivity (Wildman–Crippen MR) is 78.0 cm³/mol. The van der Waals surface area contributed by atoms with Crippen LogP contribution >= 0.6 is 0 Å². The van der Waals surface area contributed by atoms with Crippen molar-refractivity contribution in [1.29, 1.82) is 0 Å². The molecule has 0 aromatic rings. The van der Waals surface area contributed by atoms with Crippen molar-refractivity contribution in [3.8, 4) is 0 Å². The highest BCUT2D eigenvalue weighted by Gasteiger charge is 2.34. The van der Waals surface area contributed by atoms with Crippen LogP contribution in [0, 0.1) is 11.8 Å². The maximum absolute atomic E-state index is 12.3. The van der Waals surface area contributed by atoms with Gasteiger partial charge >= 0.3 is 0 Å². The van der Waals surface area contributed by atoms with Gasteiger partial charge in [0.1, 0.15) is 6.04 Å². The van der Waals surface area contributed by atoms with E-state index in [1.54, 1.807) is 4.90 Å². The Hall–Kier alpha value is -1.10. The number of carbonyl (C=O) groups excluding carboxylic acids is 2. The molecule has 0 aliphatic carbocycles. The first-order chi connectivity index (χ1) is 9.38. The first-order valence-electron chi connectivity index (χ1n) is 7.63. The van der Waals surface area contributed by atoms with Gasteiger partial charge in [-0.3, -0.25) is 9.59 Å². The van der Waals surface area contributed by atoms with Crippen LogP contribution in [-0.4, -0.2) is 47.1 Å². The fourth-order valence-electron chi connectivity index (χ4n) is 2.55. The summed E-state index contributed by atoms with van der Waals surface area (Å²) in [6, 6.07) is -0.422. The molecule has 2 N–H and O–H groups in total. The first-order valence-corrected chi connectivity index (χ1v) is 7.63. The van der Waals surface area contributed by atoms with E-state index in [-0.39, 0.29) is 30.2 Å². The van der Waals surface area contributed by atoms with E-state index in [1.165, 1.54) is 0 Å². The van der Waals surface area contributed by atoms with Crippen LogP contribution in [0.25, 0.3) is 0 Å². The summed E-state index contributed by atoms with van der Waals surface area (Å²) in [5, 5.41) is 12.7. The smallest absolute Gasteiger partial charge is 0.243 e. The van der Waals surface area contributed by atoms with Crippen molar-refractivity contribution in [2.75, 3.05) is 13.1 Å². The zero-order valence-electron chi connectivity index (χ0n) is 13.1. The van der Waals surface area contributed by atoms with E-state index < -0.39 is 12.1 Å². The second-order valence-corrected chi connectivity index (χ2v) is 6.08. The summed E-state index contributed by atoms with van der Waals surface area (Å²) in [7, 11) is 0. The third-order valence-corrected chi connectivity index (χ3v) is 4.13. The molecule has 0 bridgehead atoms. The third kappa shape index (κ3) is 4.20. The normalized spacial score (nSPS) is 20.1. The zero-order chi connectivity index (χ0) is 15.3. The Kier molecular flexibility index (Phi) is 6.46. The van der Waals surface area contributed by atoms with E-state index in [2.05, 4.69) is 5.32 Å². The highest BCUT2D eigenvalue weighted by molar-refractivity contribution is 5.88. The van der Waals surface area contributed by atoms with Crippen molar-refractivity contribution in [2.45, 2.75) is 59.1 Å². The Morgan fingerprint density at radius 1 is 1.40 bits per heavy atom. The van der Waals surface area contributed by atoms with E-state index in [0.29, 0.717) is 13.0 Å². The molecular weight excluding hydrogens is 256 g/mol. The molecule has 3 unspecified atom stereocenters. The summed E-state index contributed by atoms with van der Waals surface area (Å²) < 4.78 is 0. The molecule has 1 saturated heterocycles. The largest absolute Gasteiger partial charge is 0.391 e. The Labute approximate surface area is 121 Å². The number of hydrogen-bond donors (Lipinski definition) is 2. The molecule has 5 heteroatoms. The summed E-state index contributed by atoms with van der Waals surface area (Å²) >= 11 is 0. The third-order valence-electron chi connectivity index (χ3n) is 4.13. The van der Waals surface area contributed by atoms with Crippen LogP contribution in [0.3, 0.4) is 0 Å². The van der Waals surface area contributed by atoms with Crippen molar-refractivity contribution < 1.29 is 14.7 Å². The quantitative estimate of drug-likeness (QED) is 0.737. The van der Waals surface area contributed by atoms with E-state index in [0.717, 1.165) is 12.8 Å². The number of amides is 2. The van der Waals surface area contributed by atoms with Crippen LogP contribution in [0.5, 0.6) is 0 Å². The van der Waals surface area contributed by atoms with Gasteiger partial charge in [0.05, 0.1) is 6.10 Å². The maximum atomic E-state index is 12.3. The van der Waals surface area contributed by atoms with Gasteiger partial charge < -0.3 is 15.3 Å². The summed E-state index contributed by atoms with van der Waals surface area (Å²) in [5.41, 5.74) is 0. The van der Waals surface area contributed by atoms with E-state index in [4.69, 9.17) is 0 Å². The molecular formula is C15H28N2O3. The minimum atomic E-state index is -0.536. The standard InChI is InChI=1S/C15H28N2O3/c1-5-11(4)12(18)9-16-15(20)14(10(2)3)17-8-6-7-13(17)19/h10-12,14,18H,5-9H2,1-4H3,(H,16,20). The first kappa shape index (κ1) is 17.0. The highest BCUT2D eigenvalue weighted by atomic mass is 16.3. The number of rotatable bonds is 7. The molecule has 5 nitrogen and oxygen atoms in total. The molecule has 1 fully saturated rings. The summed E-state index contributed by atoms with van der Waals surface area (Å²) in [5.74, 6) is 0.123. The van der Waals surface area contributed by atoms with Crippen LogP contribution in [0.4, 0.5) is 0 Å². The minimum absolute atomic E-state index is 0.0568. The maximum Gasteiger partial charge on any atom is 0.243 e. The molecule has 0 aromatic heterocycles. The lowest BCUT2D eigenvalue weighted by molar-refractivity contribution is -0.139. The van der Waals surface area contributed by atoms with E-state index in [1.807, 2.05) is 27.7 Å². The van der Waals surface area contributed by atoms with Gasteiger partial charge in [-0.2, -0.15) is 0 Å². The van der Waals surface area contributed by atoms with Gasteiger partial charge in [-0.05, 0) is 18.3 Å². The monoisotopic (exact) mass is 284 g/mol. The lowest BCUT2D eigenvalue weighted by Gasteiger charge is -2.30. The summed E-state index contributed by atoms with van der Waals surface area (Å²) in [4.78, 5) is 25.8. The molecule has 2 amide bonds. The lowest BCUT2D eigenvalue weighted by Crippen LogP contribution is -2.51. The second kappa shape index (κ2) is 7.62. The van der Waals surface area contributed by atoms with Crippen LogP contribution in [0.15, 0.2) is 0 Å². The molecule has 1 heterocycles. The van der Waals surface area contributed by atoms with Crippen LogP contribution in [0.1, 0.15) is 47.0 Å². The van der Waals surface area contributed by atoms with E-state index >= 15 is 0 Å². The van der Waals surface area contributed by atoms with Crippen molar-refractivity contribution in [1.82, 2.24) is 10.2 Å². The molecule has 3 atom stereocenters. The summed E-state index contributed by atoms with van der Waals surface area (Å²) in [6.45, 7) is 8.76. The van der Waals surface area contributed by atoms with Crippen molar-refractivity contribution in [3.05, 3.63) is 0 Å². The van der Waals surface area contributed by atoms with Crippen LogP contribution < -0.4 is 5.32 Å². The average Bonchev–Trinajstić information content (AvgIpc) is 2.81. The fraction of sp³-hybridized carbons (Fsp3) is 0.867. The fourth-order valence-corrected chi connectivity index (χ4v) is 2.55. The number of aliphatic hydroxyl groups is 1. The molecule has 0 spiro atoms. The minimum Gasteiger partial charge on any atom is -0.391 e. The Morgan fingerprint density at radius 3 is 2.50 bits per heavy atom. The van der Waals surface area contributed by atoms with Gasteiger partial charge in [-0.15, -0.1) is 0 Å². The average molecular weight is 284 g/mol. The molecule has 20 heavy (non-hydrogen) atoms. The van der Waals surface area contributed by atoms with Gasteiger partial charge in [-0.25, -0.2) is 0 Å². The molecule has 0 aromatic carbocycles. The molecule has 1 aliphatic rings. The zero-order valence-corrected chi connectivity index (χ0v) is 13.1. The number of hydrogen-bond acceptors (Lipinski definition) is 3. The van der Waals surface area contributed by atoms with Gasteiger partial charge in [0, 0.05) is 19.5 Å². The second-order valence-electron chi connectivity index (χ2n) is 6.08. The molecule has 0 radical (unpaired) electrons. The van der Waals surface area contributed by atoms with Gasteiger partial charge in [0.15, 0.2) is 0 Å². The van der Waals surface area contributed by atoms with E-state index in [9.17, 15) is 14.7 Å². The topological polar surface area (TPSA) is 69.6 Å². The van der Waals surface area contributed by atoms with Crippen LogP contribution in [-0.2, 0) is 9.59 Å². The molecule has 116 valence electrons. The molecule has 0 saturated carbocycles. The van der Waals surface area contributed by atoms with Crippen molar-refractivity contribution in [2.24, 2.45) is 11.8 Å². The van der Waals surface area contributed by atoms with Crippen molar-refractivity contribution in [3.63, 3.8) is 0 Å². The SMILES string of the molecule is CCC(C)C(O)CNC(=O)C(C(C)C)N1CCCC1=O. The Balaban J connectivity index is 2.59. The van der Waals surface area contributed by atoms with Gasteiger partial charge in [0.2, 0.25) is 11.8 Å². The predicted octanol–water partition coefficient (Wildman–Crippen LogP) is 1.16. The molecule has 1 aliphatic heterocycles. The van der Waals surface area contributed by atoms with Crippen LogP contribution in [0.2, 0.25) is 0 Å². The molecule has 1 rings (SSSR count). The highest BCUT2D eigenvalue weighted by Crippen LogP contribution is 2.19. The Bertz CT molecular complexity index is 344. The van der Waals surface area contributed by atoms with Gasteiger partial charge in [-0.1, -0.05) is 34.1 Å². The number of nitrogens with zero attached hydrogens (tertiary/aromatic N) is 1. The van der Waals surface area contributed by atoms with Gasteiger partial charge in [0.25, 0.3) is 0 Å². The van der Waals surface area contributed by atoms with Crippen molar-refractivity contribution >= 4 is 11.8 Å². The number of likely N-dealkylation sites (tertiary alicyclic amines) is 1. The number of nitrogens with one attached hydrogen (secondary N) is 1. The number of carbonyl (C=O) groups is 2. The lowest BCUT2D eigenvalue weighted by atomic mass is 10.00.